The molecule has 1 aliphatic heterocycles. The minimum Gasteiger partial charge on any atom is -0.273 e. The second-order valence-electron chi connectivity index (χ2n) is 7.10. The number of non-ortho nitro benzene ring substituents is 1. The quantitative estimate of drug-likeness (QED) is 0.428. The molecule has 0 aromatic heterocycles. The zero-order valence-electron chi connectivity index (χ0n) is 16.4. The Morgan fingerprint density at radius 2 is 2.00 bits per heavy atom. The van der Waals surface area contributed by atoms with Crippen LogP contribution in [0.2, 0.25) is 0 Å². The van der Waals surface area contributed by atoms with E-state index in [-0.39, 0.29) is 23.0 Å². The number of hydrogen-bond donors (Lipinski definition) is 1. The van der Waals surface area contributed by atoms with Gasteiger partial charge in [-0.15, -0.1) is 0 Å². The molecule has 1 aliphatic rings. The Bertz CT molecular complexity index is 1070. The van der Waals surface area contributed by atoms with Crippen molar-refractivity contribution in [2.75, 3.05) is 13.1 Å². The van der Waals surface area contributed by atoms with Gasteiger partial charge in [0.1, 0.15) is 0 Å². The van der Waals surface area contributed by atoms with Gasteiger partial charge in [-0.2, -0.15) is 9.41 Å². The molecular weight excluding hydrogens is 408 g/mol. The number of carbonyl (C=O) groups is 1. The first-order valence-corrected chi connectivity index (χ1v) is 10.9. The second-order valence-corrected chi connectivity index (χ2v) is 9.04. The largest absolute Gasteiger partial charge is 0.273 e. The normalized spacial score (nSPS) is 17.7. The Hall–Kier alpha value is -3.11. The summed E-state index contributed by atoms with van der Waals surface area (Å²) >= 11 is 0. The molecule has 1 saturated heterocycles. The SMILES string of the molecule is Cc1ccc(S(=O)(=O)N2CCC[C@@H](C(=O)N/N=C\c3cccc([N+](=O)[O-])c3)C2)cc1. The van der Waals surface area contributed by atoms with Gasteiger partial charge in [-0.25, -0.2) is 13.8 Å². The standard InChI is InChI=1S/C20H22N4O5S/c1-15-7-9-19(10-8-15)30(28,29)23-11-3-5-17(14-23)20(25)22-21-13-16-4-2-6-18(12-16)24(26)27/h2,4,6-10,12-13,17H,3,5,11,14H2,1H3,(H,22,25)/b21-13-/t17-/m1/s1. The van der Waals surface area contributed by atoms with Gasteiger partial charge in [0.2, 0.25) is 15.9 Å². The summed E-state index contributed by atoms with van der Waals surface area (Å²) in [5.41, 5.74) is 3.77. The van der Waals surface area contributed by atoms with Gasteiger partial charge in [-0.1, -0.05) is 29.8 Å². The van der Waals surface area contributed by atoms with Crippen molar-refractivity contribution in [2.45, 2.75) is 24.7 Å². The zero-order chi connectivity index (χ0) is 21.7. The molecule has 1 amide bonds. The van der Waals surface area contributed by atoms with Gasteiger partial charge in [0.05, 0.1) is 22.0 Å². The Morgan fingerprint density at radius 3 is 2.70 bits per heavy atom. The molecule has 158 valence electrons. The molecule has 3 rings (SSSR count). The Balaban J connectivity index is 1.63. The molecule has 1 N–H and O–H groups in total. The molecule has 0 spiro atoms. The van der Waals surface area contributed by atoms with Crippen LogP contribution in [-0.4, -0.2) is 42.9 Å². The minimum absolute atomic E-state index is 0.0745. The molecule has 2 aromatic rings. The predicted octanol–water partition coefficient (Wildman–Crippen LogP) is 2.45. The molecule has 1 fully saturated rings. The number of benzene rings is 2. The summed E-state index contributed by atoms with van der Waals surface area (Å²) in [7, 11) is -3.67. The van der Waals surface area contributed by atoms with Crippen LogP contribution in [0.15, 0.2) is 58.5 Å². The van der Waals surface area contributed by atoms with E-state index >= 15 is 0 Å². The van der Waals surface area contributed by atoms with Gasteiger partial charge >= 0.3 is 0 Å². The number of sulfonamides is 1. The Morgan fingerprint density at radius 1 is 1.27 bits per heavy atom. The summed E-state index contributed by atoms with van der Waals surface area (Å²) in [6.07, 6.45) is 2.43. The van der Waals surface area contributed by atoms with E-state index < -0.39 is 20.9 Å². The number of aryl methyl sites for hydroxylation is 1. The first kappa shape index (κ1) is 21.6. The third-order valence-corrected chi connectivity index (χ3v) is 6.76. The molecule has 2 aromatic carbocycles. The van der Waals surface area contributed by atoms with Crippen LogP contribution in [0.25, 0.3) is 0 Å². The molecule has 0 radical (unpaired) electrons. The van der Waals surface area contributed by atoms with Crippen LogP contribution >= 0.6 is 0 Å². The fraction of sp³-hybridized carbons (Fsp3) is 0.300. The van der Waals surface area contributed by atoms with Crippen LogP contribution in [0.5, 0.6) is 0 Å². The smallest absolute Gasteiger partial charge is 0.270 e. The highest BCUT2D eigenvalue weighted by atomic mass is 32.2. The first-order valence-electron chi connectivity index (χ1n) is 9.41. The highest BCUT2D eigenvalue weighted by Gasteiger charge is 2.33. The van der Waals surface area contributed by atoms with Crippen molar-refractivity contribution in [2.24, 2.45) is 11.0 Å². The first-order chi connectivity index (χ1) is 14.3. The van der Waals surface area contributed by atoms with Crippen molar-refractivity contribution < 1.29 is 18.1 Å². The number of nitrogens with one attached hydrogen (secondary N) is 1. The summed E-state index contributed by atoms with van der Waals surface area (Å²) in [4.78, 5) is 23.0. The topological polar surface area (TPSA) is 122 Å². The van der Waals surface area contributed by atoms with Gasteiger partial charge in [-0.05, 0) is 31.9 Å². The molecule has 0 aliphatic carbocycles. The number of nitrogens with zero attached hydrogens (tertiary/aromatic N) is 3. The summed E-state index contributed by atoms with van der Waals surface area (Å²) in [5.74, 6) is -0.915. The molecule has 9 nitrogen and oxygen atoms in total. The van der Waals surface area contributed by atoms with E-state index in [9.17, 15) is 23.3 Å². The van der Waals surface area contributed by atoms with Crippen molar-refractivity contribution in [3.8, 4) is 0 Å². The van der Waals surface area contributed by atoms with Crippen LogP contribution < -0.4 is 5.43 Å². The van der Waals surface area contributed by atoms with Gasteiger partial charge in [0.25, 0.3) is 5.69 Å². The second kappa shape index (κ2) is 9.14. The molecule has 30 heavy (non-hydrogen) atoms. The summed E-state index contributed by atoms with van der Waals surface area (Å²) in [5, 5.41) is 14.7. The Kier molecular flexibility index (Phi) is 6.58. The lowest BCUT2D eigenvalue weighted by Gasteiger charge is -2.30. The fourth-order valence-electron chi connectivity index (χ4n) is 3.21. The molecule has 0 bridgehead atoms. The van der Waals surface area contributed by atoms with Crippen molar-refractivity contribution in [1.82, 2.24) is 9.73 Å². The van der Waals surface area contributed by atoms with Crippen LogP contribution in [0, 0.1) is 23.0 Å². The number of amides is 1. The highest BCUT2D eigenvalue weighted by Crippen LogP contribution is 2.24. The average molecular weight is 430 g/mol. The van der Waals surface area contributed by atoms with Crippen LogP contribution in [0.1, 0.15) is 24.0 Å². The average Bonchev–Trinajstić information content (AvgIpc) is 2.74. The fourth-order valence-corrected chi connectivity index (χ4v) is 4.74. The van der Waals surface area contributed by atoms with E-state index in [0.717, 1.165) is 5.56 Å². The lowest BCUT2D eigenvalue weighted by atomic mass is 9.99. The van der Waals surface area contributed by atoms with Gasteiger partial charge < -0.3 is 0 Å². The van der Waals surface area contributed by atoms with Crippen LogP contribution in [-0.2, 0) is 14.8 Å². The zero-order valence-corrected chi connectivity index (χ0v) is 17.2. The van der Waals surface area contributed by atoms with Crippen molar-refractivity contribution >= 4 is 27.8 Å². The Labute approximate surface area is 174 Å². The minimum atomic E-state index is -3.67. The number of nitro benzene ring substituents is 1. The highest BCUT2D eigenvalue weighted by molar-refractivity contribution is 7.89. The number of nitro groups is 1. The molecule has 10 heteroatoms. The van der Waals surface area contributed by atoms with Crippen molar-refractivity contribution in [3.63, 3.8) is 0 Å². The number of hydrogen-bond acceptors (Lipinski definition) is 6. The van der Waals surface area contributed by atoms with Gasteiger partial charge in [0, 0.05) is 30.8 Å². The molecule has 0 unspecified atom stereocenters. The van der Waals surface area contributed by atoms with Crippen LogP contribution in [0.4, 0.5) is 5.69 Å². The van der Waals surface area contributed by atoms with Crippen molar-refractivity contribution in [1.29, 1.82) is 0 Å². The van der Waals surface area contributed by atoms with E-state index in [0.29, 0.717) is 24.9 Å². The molecule has 1 atom stereocenters. The van der Waals surface area contributed by atoms with E-state index in [1.165, 1.54) is 28.7 Å². The summed E-state index contributed by atoms with van der Waals surface area (Å²) in [6.45, 7) is 2.32. The summed E-state index contributed by atoms with van der Waals surface area (Å²) < 4.78 is 27.1. The lowest BCUT2D eigenvalue weighted by molar-refractivity contribution is -0.384. The molecular formula is C20H22N4O5S. The van der Waals surface area contributed by atoms with Gasteiger partial charge in [0.15, 0.2) is 0 Å². The van der Waals surface area contributed by atoms with E-state index in [1.807, 2.05) is 6.92 Å². The maximum atomic E-state index is 12.9. The van der Waals surface area contributed by atoms with Crippen LogP contribution in [0.3, 0.4) is 0 Å². The van der Waals surface area contributed by atoms with E-state index in [2.05, 4.69) is 10.5 Å². The van der Waals surface area contributed by atoms with E-state index in [1.54, 1.807) is 30.3 Å². The maximum Gasteiger partial charge on any atom is 0.270 e. The van der Waals surface area contributed by atoms with E-state index in [4.69, 9.17) is 0 Å². The number of hydrazone groups is 1. The summed E-state index contributed by atoms with van der Waals surface area (Å²) in [6, 6.07) is 12.5. The monoisotopic (exact) mass is 430 g/mol. The van der Waals surface area contributed by atoms with Gasteiger partial charge in [-0.3, -0.25) is 14.9 Å². The third kappa shape index (κ3) is 5.08. The predicted molar refractivity (Wildman–Crippen MR) is 111 cm³/mol. The molecule has 1 heterocycles. The number of rotatable bonds is 6. The number of piperidine rings is 1. The van der Waals surface area contributed by atoms with Crippen molar-refractivity contribution in [3.05, 3.63) is 69.8 Å². The third-order valence-electron chi connectivity index (χ3n) is 4.88. The number of carbonyl (C=O) groups excluding carboxylic acids is 1. The lowest BCUT2D eigenvalue weighted by Crippen LogP contribution is -2.44. The molecule has 0 saturated carbocycles. The maximum absolute atomic E-state index is 12.9.